The number of nitrogens with one attached hydrogen (secondary N) is 2. The van der Waals surface area contributed by atoms with E-state index in [1.54, 1.807) is 12.1 Å². The van der Waals surface area contributed by atoms with E-state index in [0.717, 1.165) is 25.9 Å². The van der Waals surface area contributed by atoms with Crippen LogP contribution in [0.25, 0.3) is 10.8 Å². The summed E-state index contributed by atoms with van der Waals surface area (Å²) in [5, 5.41) is 11.9. The third-order valence-electron chi connectivity index (χ3n) is 4.57. The zero-order valence-electron chi connectivity index (χ0n) is 14.9. The molecule has 1 aromatic heterocycles. The molecular formula is C19H26N4O2. The second kappa shape index (κ2) is 7.78. The smallest absolute Gasteiger partial charge is 0.274 e. The Kier molecular flexibility index (Phi) is 5.48. The first kappa shape index (κ1) is 17.6. The number of fused-ring (bicyclic) bond motifs is 1. The largest absolute Gasteiger partial charge is 0.350 e. The molecule has 6 nitrogen and oxygen atoms in total. The molecule has 3 rings (SSSR count). The summed E-state index contributed by atoms with van der Waals surface area (Å²) >= 11 is 0. The fraction of sp³-hybridized carbons (Fsp3) is 0.526. The van der Waals surface area contributed by atoms with Crippen molar-refractivity contribution >= 4 is 16.7 Å². The normalized spacial score (nSPS) is 17.8. The molecular weight excluding hydrogens is 316 g/mol. The lowest BCUT2D eigenvalue weighted by atomic mass is 10.00. The van der Waals surface area contributed by atoms with Gasteiger partial charge in [0.05, 0.1) is 5.39 Å². The van der Waals surface area contributed by atoms with Crippen molar-refractivity contribution in [2.75, 3.05) is 19.6 Å². The number of hydrogen-bond acceptors (Lipinski definition) is 4. The van der Waals surface area contributed by atoms with E-state index in [0.29, 0.717) is 35.5 Å². The minimum Gasteiger partial charge on any atom is -0.350 e. The summed E-state index contributed by atoms with van der Waals surface area (Å²) in [6, 6.07) is 7.20. The van der Waals surface area contributed by atoms with E-state index < -0.39 is 0 Å². The fourth-order valence-corrected chi connectivity index (χ4v) is 3.29. The topological polar surface area (TPSA) is 76.0 Å². The van der Waals surface area contributed by atoms with Gasteiger partial charge in [0.2, 0.25) is 0 Å². The molecule has 0 bridgehead atoms. The standard InChI is InChI=1S/C19H26N4O2/c1-13(2)12-23-19(25)16-8-4-3-7-15(16)17(22-23)18(24)21-11-14-6-5-9-20-10-14/h3-4,7-8,13-14,20H,5-6,9-12H2,1-2H3,(H,21,24). The Hall–Kier alpha value is -2.21. The number of piperidine rings is 1. The van der Waals surface area contributed by atoms with Gasteiger partial charge in [-0.15, -0.1) is 0 Å². The van der Waals surface area contributed by atoms with Crippen molar-refractivity contribution in [1.82, 2.24) is 20.4 Å². The highest BCUT2D eigenvalue weighted by Crippen LogP contribution is 2.14. The van der Waals surface area contributed by atoms with Crippen LogP contribution in [0.15, 0.2) is 29.1 Å². The highest BCUT2D eigenvalue weighted by Gasteiger charge is 2.19. The first-order chi connectivity index (χ1) is 12.1. The molecule has 1 unspecified atom stereocenters. The maximum atomic E-state index is 12.7. The van der Waals surface area contributed by atoms with Crippen LogP contribution in [-0.2, 0) is 6.54 Å². The molecule has 1 fully saturated rings. The van der Waals surface area contributed by atoms with Crippen molar-refractivity contribution in [2.24, 2.45) is 11.8 Å². The van der Waals surface area contributed by atoms with Crippen LogP contribution in [0.4, 0.5) is 0 Å². The maximum Gasteiger partial charge on any atom is 0.274 e. The van der Waals surface area contributed by atoms with E-state index in [-0.39, 0.29) is 17.4 Å². The number of benzene rings is 1. The van der Waals surface area contributed by atoms with Gasteiger partial charge in [-0.05, 0) is 43.8 Å². The van der Waals surface area contributed by atoms with Crippen LogP contribution in [0.3, 0.4) is 0 Å². The highest BCUT2D eigenvalue weighted by atomic mass is 16.2. The van der Waals surface area contributed by atoms with Crippen molar-refractivity contribution in [3.8, 4) is 0 Å². The number of rotatable bonds is 5. The van der Waals surface area contributed by atoms with Gasteiger partial charge in [-0.3, -0.25) is 9.59 Å². The molecule has 1 aromatic carbocycles. The van der Waals surface area contributed by atoms with E-state index in [2.05, 4.69) is 15.7 Å². The summed E-state index contributed by atoms with van der Waals surface area (Å²) in [6.45, 7) is 7.16. The molecule has 0 radical (unpaired) electrons. The Morgan fingerprint density at radius 2 is 2.12 bits per heavy atom. The number of aromatic nitrogens is 2. The quantitative estimate of drug-likeness (QED) is 0.868. The maximum absolute atomic E-state index is 12.7. The van der Waals surface area contributed by atoms with Crippen molar-refractivity contribution < 1.29 is 4.79 Å². The van der Waals surface area contributed by atoms with Gasteiger partial charge in [0, 0.05) is 18.5 Å². The lowest BCUT2D eigenvalue weighted by Gasteiger charge is -2.23. The highest BCUT2D eigenvalue weighted by molar-refractivity contribution is 6.04. The van der Waals surface area contributed by atoms with Gasteiger partial charge in [0.25, 0.3) is 11.5 Å². The summed E-state index contributed by atoms with van der Waals surface area (Å²) in [7, 11) is 0. The Labute approximate surface area is 147 Å². The Morgan fingerprint density at radius 3 is 2.80 bits per heavy atom. The van der Waals surface area contributed by atoms with E-state index in [9.17, 15) is 9.59 Å². The van der Waals surface area contributed by atoms with Gasteiger partial charge < -0.3 is 10.6 Å². The molecule has 134 valence electrons. The van der Waals surface area contributed by atoms with Gasteiger partial charge >= 0.3 is 0 Å². The van der Waals surface area contributed by atoms with Crippen molar-refractivity contribution in [2.45, 2.75) is 33.2 Å². The summed E-state index contributed by atoms with van der Waals surface area (Å²) in [5.74, 6) is 0.514. The van der Waals surface area contributed by atoms with E-state index in [4.69, 9.17) is 0 Å². The van der Waals surface area contributed by atoms with Crippen LogP contribution in [-0.4, -0.2) is 35.3 Å². The SMILES string of the molecule is CC(C)Cn1nc(C(=O)NCC2CCCNC2)c2ccccc2c1=O. The number of carbonyl (C=O) groups is 1. The number of amides is 1. The summed E-state index contributed by atoms with van der Waals surface area (Å²) in [4.78, 5) is 25.3. The van der Waals surface area contributed by atoms with Crippen LogP contribution >= 0.6 is 0 Å². The van der Waals surface area contributed by atoms with Gasteiger partial charge in [-0.2, -0.15) is 5.10 Å². The molecule has 1 atom stereocenters. The molecule has 0 saturated carbocycles. The fourth-order valence-electron chi connectivity index (χ4n) is 3.29. The first-order valence-corrected chi connectivity index (χ1v) is 9.05. The minimum absolute atomic E-state index is 0.141. The lowest BCUT2D eigenvalue weighted by molar-refractivity contribution is 0.0939. The molecule has 0 spiro atoms. The van der Waals surface area contributed by atoms with Crippen LogP contribution < -0.4 is 16.2 Å². The van der Waals surface area contributed by atoms with Crippen molar-refractivity contribution in [1.29, 1.82) is 0 Å². The third kappa shape index (κ3) is 4.07. The summed E-state index contributed by atoms with van der Waals surface area (Å²) < 4.78 is 1.42. The lowest BCUT2D eigenvalue weighted by Crippen LogP contribution is -2.39. The zero-order valence-corrected chi connectivity index (χ0v) is 14.9. The molecule has 1 aliphatic heterocycles. The minimum atomic E-state index is -0.209. The summed E-state index contributed by atoms with van der Waals surface area (Å²) in [6.07, 6.45) is 2.26. The second-order valence-corrected chi connectivity index (χ2v) is 7.20. The van der Waals surface area contributed by atoms with E-state index in [1.807, 2.05) is 26.0 Å². The van der Waals surface area contributed by atoms with Gasteiger partial charge in [-0.1, -0.05) is 32.0 Å². The van der Waals surface area contributed by atoms with Crippen molar-refractivity contribution in [3.63, 3.8) is 0 Å². The van der Waals surface area contributed by atoms with Crippen LogP contribution in [0, 0.1) is 11.8 Å². The van der Waals surface area contributed by atoms with E-state index in [1.165, 1.54) is 4.68 Å². The molecule has 1 saturated heterocycles. The zero-order chi connectivity index (χ0) is 17.8. The Balaban J connectivity index is 1.89. The van der Waals surface area contributed by atoms with Gasteiger partial charge in [-0.25, -0.2) is 4.68 Å². The monoisotopic (exact) mass is 342 g/mol. The Morgan fingerprint density at radius 1 is 1.36 bits per heavy atom. The summed E-state index contributed by atoms with van der Waals surface area (Å²) in [5.41, 5.74) is 0.192. The number of carbonyl (C=O) groups excluding carboxylic acids is 1. The molecule has 1 amide bonds. The van der Waals surface area contributed by atoms with Crippen LogP contribution in [0.5, 0.6) is 0 Å². The Bertz CT molecular complexity index is 807. The number of hydrogen-bond donors (Lipinski definition) is 2. The predicted octanol–water partition coefficient (Wildman–Crippen LogP) is 1.78. The molecule has 2 heterocycles. The van der Waals surface area contributed by atoms with Crippen LogP contribution in [0.1, 0.15) is 37.2 Å². The number of nitrogens with zero attached hydrogens (tertiary/aromatic N) is 2. The van der Waals surface area contributed by atoms with Gasteiger partial charge in [0.1, 0.15) is 0 Å². The van der Waals surface area contributed by atoms with Crippen molar-refractivity contribution in [3.05, 3.63) is 40.3 Å². The molecule has 0 aliphatic carbocycles. The first-order valence-electron chi connectivity index (χ1n) is 9.05. The predicted molar refractivity (Wildman–Crippen MR) is 98.8 cm³/mol. The molecule has 25 heavy (non-hydrogen) atoms. The average molecular weight is 342 g/mol. The van der Waals surface area contributed by atoms with Crippen LogP contribution in [0.2, 0.25) is 0 Å². The van der Waals surface area contributed by atoms with E-state index >= 15 is 0 Å². The molecule has 1 aliphatic rings. The molecule has 2 N–H and O–H groups in total. The third-order valence-corrected chi connectivity index (χ3v) is 4.57. The molecule has 6 heteroatoms. The van der Waals surface area contributed by atoms with Gasteiger partial charge in [0.15, 0.2) is 5.69 Å². The second-order valence-electron chi connectivity index (χ2n) is 7.20. The average Bonchev–Trinajstić information content (AvgIpc) is 2.62. The molecule has 2 aromatic rings.